The first-order chi connectivity index (χ1) is 21.2. The van der Waals surface area contributed by atoms with Crippen molar-refractivity contribution in [1.82, 2.24) is 4.57 Å². The van der Waals surface area contributed by atoms with E-state index in [0.717, 1.165) is 80.9 Å². The molecule has 5 heteroatoms. The second-order valence-electron chi connectivity index (χ2n) is 12.4. The Balaban J connectivity index is 2.51. The SMILES string of the molecule is CCCCCCn1c(=O)c(OC/C=C(\C)CCC=C(C)C)c(OC/C=C(\C)CCC=C(C)C)c2ccc(OCCCC)cc21. The molecule has 2 rings (SSSR count). The maximum Gasteiger partial charge on any atom is 0.297 e. The van der Waals surface area contributed by atoms with Gasteiger partial charge in [-0.2, -0.15) is 0 Å². The van der Waals surface area contributed by atoms with Crippen molar-refractivity contribution >= 4 is 10.9 Å². The second-order valence-corrected chi connectivity index (χ2v) is 12.4. The predicted octanol–water partition coefficient (Wildman–Crippen LogP) is 10.9. The summed E-state index contributed by atoms with van der Waals surface area (Å²) in [5.41, 5.74) is 5.85. The number of allylic oxidation sites excluding steroid dienone is 6. The minimum absolute atomic E-state index is 0.144. The fraction of sp³-hybridized carbons (Fsp3) is 0.564. The summed E-state index contributed by atoms with van der Waals surface area (Å²) in [6.07, 6.45) is 19.0. The van der Waals surface area contributed by atoms with Crippen LogP contribution in [0.1, 0.15) is 120 Å². The number of aromatic nitrogens is 1. The maximum absolute atomic E-state index is 14.1. The van der Waals surface area contributed by atoms with E-state index in [2.05, 4.69) is 79.7 Å². The lowest BCUT2D eigenvalue weighted by atomic mass is 10.1. The van der Waals surface area contributed by atoms with E-state index in [-0.39, 0.29) is 11.3 Å². The fourth-order valence-corrected chi connectivity index (χ4v) is 4.91. The minimum Gasteiger partial charge on any atom is -0.494 e. The number of unbranched alkanes of at least 4 members (excludes halogenated alkanes) is 4. The molecule has 0 aliphatic heterocycles. The van der Waals surface area contributed by atoms with Crippen molar-refractivity contribution in [3.8, 4) is 17.2 Å². The van der Waals surface area contributed by atoms with E-state index in [4.69, 9.17) is 14.2 Å². The molecule has 0 amide bonds. The number of hydrogen-bond donors (Lipinski definition) is 0. The topological polar surface area (TPSA) is 49.7 Å². The quantitative estimate of drug-likeness (QED) is 0.105. The number of pyridine rings is 1. The summed E-state index contributed by atoms with van der Waals surface area (Å²) >= 11 is 0. The number of rotatable bonds is 21. The van der Waals surface area contributed by atoms with Crippen molar-refractivity contribution in [1.29, 1.82) is 0 Å². The molecular formula is C39H59NO4. The Bertz CT molecular complexity index is 1330. The maximum atomic E-state index is 14.1. The zero-order chi connectivity index (χ0) is 32.3. The number of nitrogens with zero attached hydrogens (tertiary/aromatic N) is 1. The average molecular weight is 606 g/mol. The molecule has 1 aromatic heterocycles. The van der Waals surface area contributed by atoms with E-state index >= 15 is 0 Å². The van der Waals surface area contributed by atoms with Crippen LogP contribution >= 0.6 is 0 Å². The molecule has 0 spiro atoms. The van der Waals surface area contributed by atoms with Crippen molar-refractivity contribution in [3.63, 3.8) is 0 Å². The molecule has 244 valence electrons. The normalized spacial score (nSPS) is 11.9. The molecule has 0 N–H and O–H groups in total. The van der Waals surface area contributed by atoms with Crippen LogP contribution < -0.4 is 19.8 Å². The zero-order valence-corrected chi connectivity index (χ0v) is 29.0. The molecule has 0 unspecified atom stereocenters. The van der Waals surface area contributed by atoms with Crippen molar-refractivity contribution < 1.29 is 14.2 Å². The largest absolute Gasteiger partial charge is 0.494 e. The van der Waals surface area contributed by atoms with Crippen molar-refractivity contribution in [3.05, 3.63) is 75.1 Å². The molecule has 0 saturated heterocycles. The Hall–Kier alpha value is -3.21. The van der Waals surface area contributed by atoms with Crippen LogP contribution in [-0.4, -0.2) is 24.4 Å². The predicted molar refractivity (Wildman–Crippen MR) is 189 cm³/mol. The molecule has 0 aliphatic carbocycles. The van der Waals surface area contributed by atoms with Crippen LogP contribution in [0, 0.1) is 0 Å². The first-order valence-corrected chi connectivity index (χ1v) is 16.8. The molecule has 1 aromatic carbocycles. The Morgan fingerprint density at radius 3 is 1.86 bits per heavy atom. The summed E-state index contributed by atoms with van der Waals surface area (Å²) in [5.74, 6) is 1.58. The lowest BCUT2D eigenvalue weighted by molar-refractivity contribution is 0.302. The average Bonchev–Trinajstić information content (AvgIpc) is 2.97. The Kier molecular flexibility index (Phi) is 17.4. The molecule has 44 heavy (non-hydrogen) atoms. The third-order valence-corrected chi connectivity index (χ3v) is 7.65. The molecule has 1 heterocycles. The van der Waals surface area contributed by atoms with Gasteiger partial charge in [0.25, 0.3) is 5.56 Å². The molecule has 2 aromatic rings. The van der Waals surface area contributed by atoms with Gasteiger partial charge in [-0.3, -0.25) is 4.79 Å². The summed E-state index contributed by atoms with van der Waals surface area (Å²) in [4.78, 5) is 14.1. The Morgan fingerprint density at radius 1 is 0.705 bits per heavy atom. The highest BCUT2D eigenvalue weighted by Crippen LogP contribution is 2.35. The highest BCUT2D eigenvalue weighted by Gasteiger charge is 2.20. The van der Waals surface area contributed by atoms with Crippen molar-refractivity contribution in [2.45, 2.75) is 126 Å². The highest BCUT2D eigenvalue weighted by atomic mass is 16.5. The van der Waals surface area contributed by atoms with Crippen LogP contribution in [0.3, 0.4) is 0 Å². The third kappa shape index (κ3) is 13.2. The van der Waals surface area contributed by atoms with E-state index in [1.165, 1.54) is 22.3 Å². The van der Waals surface area contributed by atoms with Crippen LogP contribution in [0.25, 0.3) is 10.9 Å². The summed E-state index contributed by atoms with van der Waals surface area (Å²) in [7, 11) is 0. The van der Waals surface area contributed by atoms with E-state index < -0.39 is 0 Å². The Labute approximate surface area is 267 Å². The molecular weight excluding hydrogens is 546 g/mol. The molecule has 0 saturated carbocycles. The van der Waals surface area contributed by atoms with E-state index in [1.807, 2.05) is 22.8 Å². The lowest BCUT2D eigenvalue weighted by Gasteiger charge is -2.19. The van der Waals surface area contributed by atoms with Gasteiger partial charge >= 0.3 is 0 Å². The number of hydrogen-bond acceptors (Lipinski definition) is 4. The first-order valence-electron chi connectivity index (χ1n) is 16.8. The van der Waals surface area contributed by atoms with Crippen molar-refractivity contribution in [2.24, 2.45) is 0 Å². The van der Waals surface area contributed by atoms with Crippen molar-refractivity contribution in [2.75, 3.05) is 19.8 Å². The highest BCUT2D eigenvalue weighted by molar-refractivity contribution is 5.89. The number of fused-ring (bicyclic) bond motifs is 1. The number of benzene rings is 1. The summed E-state index contributed by atoms with van der Waals surface area (Å²) < 4.78 is 20.6. The van der Waals surface area contributed by atoms with Crippen LogP contribution in [0.2, 0.25) is 0 Å². The zero-order valence-electron chi connectivity index (χ0n) is 29.0. The molecule has 0 fully saturated rings. The van der Waals surface area contributed by atoms with Gasteiger partial charge in [0.2, 0.25) is 5.75 Å². The van der Waals surface area contributed by atoms with Crippen LogP contribution in [0.15, 0.2) is 69.6 Å². The van der Waals surface area contributed by atoms with Crippen LogP contribution in [0.4, 0.5) is 0 Å². The van der Waals surface area contributed by atoms with Gasteiger partial charge in [0.05, 0.1) is 12.1 Å². The van der Waals surface area contributed by atoms with Gasteiger partial charge in [-0.05, 0) is 104 Å². The standard InChI is InChI=1S/C39H59NO4/c1-9-11-13-14-25-40-36-29-34(42-26-12-10-2)21-22-35(36)37(43-27-23-32(7)19-15-17-30(3)4)38(39(40)41)44-28-24-33(8)20-16-18-31(5)6/h17-18,21-24,29H,9-16,19-20,25-28H2,1-8H3/b32-23+,33-24+. The summed E-state index contributed by atoms with van der Waals surface area (Å²) in [6, 6.07) is 6.00. The fourth-order valence-electron chi connectivity index (χ4n) is 4.91. The van der Waals surface area contributed by atoms with E-state index in [1.54, 1.807) is 0 Å². The Morgan fingerprint density at radius 2 is 1.30 bits per heavy atom. The summed E-state index contributed by atoms with van der Waals surface area (Å²) in [6.45, 7) is 19.1. The summed E-state index contributed by atoms with van der Waals surface area (Å²) in [5, 5.41) is 0.873. The molecule has 0 bridgehead atoms. The van der Waals surface area contributed by atoms with E-state index in [9.17, 15) is 4.79 Å². The molecule has 0 atom stereocenters. The molecule has 0 radical (unpaired) electrons. The third-order valence-electron chi connectivity index (χ3n) is 7.65. The lowest BCUT2D eigenvalue weighted by Crippen LogP contribution is -2.24. The van der Waals surface area contributed by atoms with E-state index in [0.29, 0.717) is 32.1 Å². The van der Waals surface area contributed by atoms with Crippen LogP contribution in [-0.2, 0) is 6.54 Å². The molecule has 0 aliphatic rings. The van der Waals surface area contributed by atoms with Gasteiger partial charge in [0.1, 0.15) is 19.0 Å². The molecule has 5 nitrogen and oxygen atoms in total. The van der Waals surface area contributed by atoms with Gasteiger partial charge in [-0.25, -0.2) is 0 Å². The second kappa shape index (κ2) is 20.7. The smallest absolute Gasteiger partial charge is 0.297 e. The van der Waals surface area contributed by atoms with Gasteiger partial charge in [-0.1, -0.05) is 74.0 Å². The van der Waals surface area contributed by atoms with Gasteiger partial charge in [0, 0.05) is 18.0 Å². The first kappa shape index (κ1) is 37.0. The number of ether oxygens (including phenoxy) is 3. The van der Waals surface area contributed by atoms with Gasteiger partial charge in [-0.15, -0.1) is 0 Å². The number of aryl methyl sites for hydroxylation is 1. The van der Waals surface area contributed by atoms with Gasteiger partial charge < -0.3 is 18.8 Å². The van der Waals surface area contributed by atoms with Crippen LogP contribution in [0.5, 0.6) is 17.2 Å². The van der Waals surface area contributed by atoms with Gasteiger partial charge in [0.15, 0.2) is 5.75 Å². The minimum atomic E-state index is -0.144. The monoisotopic (exact) mass is 605 g/mol.